The van der Waals surface area contributed by atoms with Gasteiger partial charge in [-0.1, -0.05) is 75.4 Å². The molecule has 2 unspecified atom stereocenters. The van der Waals surface area contributed by atoms with Crippen LogP contribution in [0.2, 0.25) is 0 Å². The summed E-state index contributed by atoms with van der Waals surface area (Å²) in [6.07, 6.45) is 0.882. The molecule has 1 N–H and O–H groups in total. The van der Waals surface area contributed by atoms with Crippen molar-refractivity contribution in [2.75, 3.05) is 12.4 Å². The molecule has 34 heavy (non-hydrogen) atoms. The van der Waals surface area contributed by atoms with E-state index in [0.29, 0.717) is 30.1 Å². The van der Waals surface area contributed by atoms with Gasteiger partial charge in [0.15, 0.2) is 6.10 Å². The SMILES string of the molecule is CCC(Oc1ccccc1C(C)CC)C(=O)Nc1cccc(C(=O)N(C)Cc2ccccc2)c1. The van der Waals surface area contributed by atoms with Crippen molar-refractivity contribution in [2.24, 2.45) is 0 Å². The Labute approximate surface area is 202 Å². The summed E-state index contributed by atoms with van der Waals surface area (Å²) in [6.45, 7) is 6.73. The van der Waals surface area contributed by atoms with Gasteiger partial charge in [-0.2, -0.15) is 0 Å². The lowest BCUT2D eigenvalue weighted by Gasteiger charge is -2.21. The van der Waals surface area contributed by atoms with Crippen molar-refractivity contribution < 1.29 is 14.3 Å². The number of carbonyl (C=O) groups excluding carboxylic acids is 2. The van der Waals surface area contributed by atoms with E-state index in [2.05, 4.69) is 25.2 Å². The number of hydrogen-bond acceptors (Lipinski definition) is 3. The lowest BCUT2D eigenvalue weighted by molar-refractivity contribution is -0.122. The molecule has 0 heterocycles. The normalized spacial score (nSPS) is 12.5. The van der Waals surface area contributed by atoms with Gasteiger partial charge in [0.1, 0.15) is 5.75 Å². The van der Waals surface area contributed by atoms with E-state index in [4.69, 9.17) is 4.74 Å². The molecule has 3 rings (SSSR count). The van der Waals surface area contributed by atoms with Crippen molar-refractivity contribution in [2.45, 2.75) is 52.2 Å². The van der Waals surface area contributed by atoms with Gasteiger partial charge in [0, 0.05) is 24.8 Å². The van der Waals surface area contributed by atoms with Gasteiger partial charge in [0.05, 0.1) is 0 Å². The van der Waals surface area contributed by atoms with Crippen LogP contribution in [0.3, 0.4) is 0 Å². The summed E-state index contributed by atoms with van der Waals surface area (Å²) < 4.78 is 6.15. The summed E-state index contributed by atoms with van der Waals surface area (Å²) in [4.78, 5) is 27.6. The monoisotopic (exact) mass is 458 g/mol. The molecule has 178 valence electrons. The molecule has 3 aromatic rings. The number of benzene rings is 3. The highest BCUT2D eigenvalue weighted by Crippen LogP contribution is 2.29. The predicted octanol–water partition coefficient (Wildman–Crippen LogP) is 6.27. The topological polar surface area (TPSA) is 58.6 Å². The second kappa shape index (κ2) is 12.0. The Morgan fingerprint density at radius 1 is 0.912 bits per heavy atom. The molecule has 0 saturated heterocycles. The van der Waals surface area contributed by atoms with Crippen LogP contribution in [0.5, 0.6) is 5.75 Å². The van der Waals surface area contributed by atoms with Gasteiger partial charge in [0.25, 0.3) is 11.8 Å². The van der Waals surface area contributed by atoms with Gasteiger partial charge < -0.3 is 15.0 Å². The third-order valence-corrected chi connectivity index (χ3v) is 5.98. The highest BCUT2D eigenvalue weighted by atomic mass is 16.5. The van der Waals surface area contributed by atoms with Crippen molar-refractivity contribution in [3.8, 4) is 5.75 Å². The van der Waals surface area contributed by atoms with Crippen molar-refractivity contribution in [1.29, 1.82) is 0 Å². The lowest BCUT2D eigenvalue weighted by Crippen LogP contribution is -2.33. The Balaban J connectivity index is 1.69. The summed E-state index contributed by atoms with van der Waals surface area (Å²) in [7, 11) is 1.77. The number of hydrogen-bond donors (Lipinski definition) is 1. The maximum absolute atomic E-state index is 13.0. The Kier molecular flexibility index (Phi) is 8.86. The van der Waals surface area contributed by atoms with Crippen LogP contribution in [0.1, 0.15) is 61.0 Å². The summed E-state index contributed by atoms with van der Waals surface area (Å²) in [5, 5.41) is 2.93. The number of amides is 2. The van der Waals surface area contributed by atoms with E-state index in [1.165, 1.54) is 0 Å². The molecule has 0 aromatic heterocycles. The largest absolute Gasteiger partial charge is 0.480 e. The second-order valence-corrected chi connectivity index (χ2v) is 8.58. The molecular formula is C29H34N2O3. The number of rotatable bonds is 10. The number of anilines is 1. The van der Waals surface area contributed by atoms with Crippen LogP contribution < -0.4 is 10.1 Å². The number of nitrogens with zero attached hydrogens (tertiary/aromatic N) is 1. The van der Waals surface area contributed by atoms with Crippen molar-refractivity contribution in [3.05, 3.63) is 95.6 Å². The fourth-order valence-electron chi connectivity index (χ4n) is 3.79. The number of ether oxygens (including phenoxy) is 1. The quantitative estimate of drug-likeness (QED) is 0.390. The number of nitrogens with one attached hydrogen (secondary N) is 1. The lowest BCUT2D eigenvalue weighted by atomic mass is 9.98. The highest BCUT2D eigenvalue weighted by molar-refractivity contribution is 5.98. The molecule has 0 radical (unpaired) electrons. The second-order valence-electron chi connectivity index (χ2n) is 8.58. The summed E-state index contributed by atoms with van der Waals surface area (Å²) >= 11 is 0. The van der Waals surface area contributed by atoms with Crippen LogP contribution in [0.15, 0.2) is 78.9 Å². The summed E-state index contributed by atoms with van der Waals surface area (Å²) in [6, 6.07) is 24.8. The van der Waals surface area contributed by atoms with Crippen LogP contribution in [0.4, 0.5) is 5.69 Å². The molecule has 2 atom stereocenters. The average molecular weight is 459 g/mol. The molecule has 0 aliphatic heterocycles. The molecule has 0 spiro atoms. The van der Waals surface area contributed by atoms with Crippen LogP contribution in [0, 0.1) is 0 Å². The minimum atomic E-state index is -0.634. The fourth-order valence-corrected chi connectivity index (χ4v) is 3.79. The first kappa shape index (κ1) is 25.0. The first-order valence-electron chi connectivity index (χ1n) is 11.9. The average Bonchev–Trinajstić information content (AvgIpc) is 2.87. The van der Waals surface area contributed by atoms with Gasteiger partial charge in [0.2, 0.25) is 0 Å². The third kappa shape index (κ3) is 6.47. The van der Waals surface area contributed by atoms with Crippen LogP contribution in [-0.4, -0.2) is 29.9 Å². The molecular weight excluding hydrogens is 424 g/mol. The maximum atomic E-state index is 13.0. The molecule has 0 fully saturated rings. The van der Waals surface area contributed by atoms with Crippen molar-refractivity contribution in [3.63, 3.8) is 0 Å². The van der Waals surface area contributed by atoms with Crippen molar-refractivity contribution in [1.82, 2.24) is 4.90 Å². The Bertz CT molecular complexity index is 1100. The van der Waals surface area contributed by atoms with Gasteiger partial charge in [-0.05, 0) is 54.2 Å². The fraction of sp³-hybridized carbons (Fsp3) is 0.310. The van der Waals surface area contributed by atoms with E-state index in [-0.39, 0.29) is 11.8 Å². The zero-order chi connectivity index (χ0) is 24.5. The van der Waals surface area contributed by atoms with E-state index < -0.39 is 6.10 Å². The van der Waals surface area contributed by atoms with Crippen LogP contribution >= 0.6 is 0 Å². The number of para-hydroxylation sites is 1. The zero-order valence-electron chi connectivity index (χ0n) is 20.5. The molecule has 0 bridgehead atoms. The van der Waals surface area contributed by atoms with E-state index in [1.54, 1.807) is 36.2 Å². The Morgan fingerprint density at radius 3 is 2.32 bits per heavy atom. The van der Waals surface area contributed by atoms with Gasteiger partial charge in [-0.15, -0.1) is 0 Å². The number of carbonyl (C=O) groups is 2. The van der Waals surface area contributed by atoms with Gasteiger partial charge >= 0.3 is 0 Å². The van der Waals surface area contributed by atoms with Gasteiger partial charge in [-0.25, -0.2) is 0 Å². The molecule has 5 nitrogen and oxygen atoms in total. The molecule has 0 aliphatic carbocycles. The minimum Gasteiger partial charge on any atom is -0.480 e. The molecule has 0 aliphatic rings. The predicted molar refractivity (Wildman–Crippen MR) is 137 cm³/mol. The molecule has 2 amide bonds. The van der Waals surface area contributed by atoms with E-state index in [0.717, 1.165) is 23.3 Å². The van der Waals surface area contributed by atoms with E-state index in [1.807, 2.05) is 55.5 Å². The summed E-state index contributed by atoms with van der Waals surface area (Å²) in [5.74, 6) is 0.743. The maximum Gasteiger partial charge on any atom is 0.265 e. The van der Waals surface area contributed by atoms with Crippen LogP contribution in [0.25, 0.3) is 0 Å². The van der Waals surface area contributed by atoms with Crippen LogP contribution in [-0.2, 0) is 11.3 Å². The molecule has 0 saturated carbocycles. The summed E-state index contributed by atoms with van der Waals surface area (Å²) in [5.41, 5.74) is 3.25. The van der Waals surface area contributed by atoms with E-state index >= 15 is 0 Å². The Morgan fingerprint density at radius 2 is 1.62 bits per heavy atom. The molecule has 3 aromatic carbocycles. The van der Waals surface area contributed by atoms with E-state index in [9.17, 15) is 9.59 Å². The molecule has 5 heteroatoms. The first-order chi connectivity index (χ1) is 16.4. The smallest absolute Gasteiger partial charge is 0.265 e. The van der Waals surface area contributed by atoms with Crippen molar-refractivity contribution >= 4 is 17.5 Å². The highest BCUT2D eigenvalue weighted by Gasteiger charge is 2.21. The third-order valence-electron chi connectivity index (χ3n) is 5.98. The first-order valence-corrected chi connectivity index (χ1v) is 11.9. The zero-order valence-corrected chi connectivity index (χ0v) is 20.5. The minimum absolute atomic E-state index is 0.106. The van der Waals surface area contributed by atoms with Gasteiger partial charge in [-0.3, -0.25) is 9.59 Å². The Hall–Kier alpha value is -3.60. The standard InChI is InChI=1S/C29H34N2O3/c1-5-21(3)25-17-10-11-18-27(25)34-26(6-2)28(32)30-24-16-12-15-23(19-24)29(33)31(4)20-22-13-8-7-9-14-22/h7-19,21,26H,5-6,20H2,1-4H3,(H,30,32).